The molecule has 0 saturated carbocycles. The van der Waals surface area contributed by atoms with Gasteiger partial charge in [0.1, 0.15) is 4.32 Å². The van der Waals surface area contributed by atoms with Gasteiger partial charge in [-0.2, -0.15) is 0 Å². The monoisotopic (exact) mass is 560 g/mol. The van der Waals surface area contributed by atoms with Crippen molar-refractivity contribution in [1.82, 2.24) is 4.90 Å². The first-order valence-electron chi connectivity index (χ1n) is 11.0. The first kappa shape index (κ1) is 26.1. The third-order valence-corrected chi connectivity index (χ3v) is 6.86. The van der Waals surface area contributed by atoms with E-state index in [0.29, 0.717) is 46.5 Å². The number of benzene rings is 2. The zero-order valence-electron chi connectivity index (χ0n) is 18.7. The summed E-state index contributed by atoms with van der Waals surface area (Å²) < 4.78 is 6.47. The molecule has 0 atom stereocenters. The molecule has 0 bridgehead atoms. The van der Waals surface area contributed by atoms with Gasteiger partial charge in [-0.3, -0.25) is 14.5 Å². The molecular weight excluding hydrogens is 536 g/mol. The van der Waals surface area contributed by atoms with Crippen LogP contribution >= 0.6 is 39.9 Å². The van der Waals surface area contributed by atoms with Gasteiger partial charge in [-0.05, 0) is 67.8 Å². The number of carbonyl (C=O) groups is 3. The van der Waals surface area contributed by atoms with Crippen LogP contribution < -0.4 is 5.32 Å². The number of hydrogen-bond acceptors (Lipinski definition) is 6. The molecule has 2 amide bonds. The van der Waals surface area contributed by atoms with Crippen LogP contribution in [0.15, 0.2) is 57.9 Å². The Bertz CT molecular complexity index is 1100. The number of halogens is 1. The second-order valence-electron chi connectivity index (χ2n) is 7.55. The molecule has 3 rings (SSSR count). The van der Waals surface area contributed by atoms with Crippen molar-refractivity contribution >= 4 is 73.8 Å². The summed E-state index contributed by atoms with van der Waals surface area (Å²) in [7, 11) is 0. The van der Waals surface area contributed by atoms with E-state index in [2.05, 4.69) is 21.2 Å². The molecule has 2 aromatic rings. The molecule has 6 nitrogen and oxygen atoms in total. The Labute approximate surface area is 217 Å². The molecule has 9 heteroatoms. The lowest BCUT2D eigenvalue weighted by atomic mass is 10.1. The SMILES string of the molecule is CCOC(=O)c1ccc(NC(=O)CCCCCN2C(=O)/C(=C/c3cccc(Br)c3)SC2=S)cc1. The van der Waals surface area contributed by atoms with Crippen LogP contribution in [0.4, 0.5) is 5.69 Å². The van der Waals surface area contributed by atoms with E-state index < -0.39 is 0 Å². The number of rotatable bonds is 10. The maximum Gasteiger partial charge on any atom is 0.338 e. The maximum absolute atomic E-state index is 12.7. The molecule has 1 heterocycles. The van der Waals surface area contributed by atoms with Gasteiger partial charge >= 0.3 is 5.97 Å². The lowest BCUT2D eigenvalue weighted by molar-refractivity contribution is -0.122. The van der Waals surface area contributed by atoms with Crippen LogP contribution in [0, 0.1) is 0 Å². The number of hydrogen-bond donors (Lipinski definition) is 1. The van der Waals surface area contributed by atoms with E-state index in [4.69, 9.17) is 17.0 Å². The maximum atomic E-state index is 12.7. The van der Waals surface area contributed by atoms with E-state index in [1.165, 1.54) is 11.8 Å². The molecule has 178 valence electrons. The van der Waals surface area contributed by atoms with Crippen molar-refractivity contribution in [1.29, 1.82) is 0 Å². The molecule has 0 aromatic heterocycles. The fourth-order valence-electron chi connectivity index (χ4n) is 3.30. The number of amides is 2. The molecule has 1 aliphatic rings. The fourth-order valence-corrected chi connectivity index (χ4v) is 5.03. The quantitative estimate of drug-likeness (QED) is 0.165. The Kier molecular flexibility index (Phi) is 9.86. The molecule has 1 fully saturated rings. The van der Waals surface area contributed by atoms with Gasteiger partial charge in [-0.1, -0.05) is 58.5 Å². The highest BCUT2D eigenvalue weighted by atomic mass is 79.9. The first-order chi connectivity index (χ1) is 16.4. The van der Waals surface area contributed by atoms with Crippen LogP contribution in [-0.4, -0.2) is 40.2 Å². The molecule has 2 aromatic carbocycles. The van der Waals surface area contributed by atoms with Crippen molar-refractivity contribution in [2.45, 2.75) is 32.6 Å². The van der Waals surface area contributed by atoms with Crippen molar-refractivity contribution in [2.24, 2.45) is 0 Å². The second-order valence-corrected chi connectivity index (χ2v) is 10.1. The van der Waals surface area contributed by atoms with Crippen LogP contribution in [0.1, 0.15) is 48.5 Å². The third-order valence-electron chi connectivity index (χ3n) is 4.99. The number of nitrogens with one attached hydrogen (secondary N) is 1. The van der Waals surface area contributed by atoms with E-state index in [-0.39, 0.29) is 17.8 Å². The van der Waals surface area contributed by atoms with Gasteiger partial charge in [0, 0.05) is 23.1 Å². The zero-order valence-corrected chi connectivity index (χ0v) is 21.9. The molecule has 1 N–H and O–H groups in total. The van der Waals surface area contributed by atoms with E-state index >= 15 is 0 Å². The number of nitrogens with zero attached hydrogens (tertiary/aromatic N) is 1. The number of esters is 1. The standard InChI is InChI=1S/C25H25BrN2O4S2/c1-2-32-24(31)18-10-12-20(13-11-18)27-22(29)9-4-3-5-14-28-23(30)21(34-25(28)33)16-17-7-6-8-19(26)15-17/h6-8,10-13,15-16H,2-5,9,14H2,1H3,(H,27,29)/b21-16-. The summed E-state index contributed by atoms with van der Waals surface area (Å²) >= 11 is 10.2. The Morgan fingerprint density at radius 1 is 1.15 bits per heavy atom. The number of ether oxygens (including phenoxy) is 1. The number of thiocarbonyl (C=S) groups is 1. The predicted octanol–water partition coefficient (Wildman–Crippen LogP) is 6.03. The summed E-state index contributed by atoms with van der Waals surface area (Å²) in [6.07, 6.45) is 4.50. The largest absolute Gasteiger partial charge is 0.462 e. The molecule has 0 aliphatic carbocycles. The van der Waals surface area contributed by atoms with Gasteiger partial charge in [-0.15, -0.1) is 0 Å². The third kappa shape index (κ3) is 7.51. The average molecular weight is 562 g/mol. The minimum atomic E-state index is -0.384. The first-order valence-corrected chi connectivity index (χ1v) is 13.0. The summed E-state index contributed by atoms with van der Waals surface area (Å²) in [5.41, 5.74) is 2.02. The average Bonchev–Trinajstić information content (AvgIpc) is 3.06. The normalized spacial score (nSPS) is 14.5. The predicted molar refractivity (Wildman–Crippen MR) is 144 cm³/mol. The summed E-state index contributed by atoms with van der Waals surface area (Å²) in [6, 6.07) is 14.4. The summed E-state index contributed by atoms with van der Waals surface area (Å²) in [5, 5.41) is 2.83. The fraction of sp³-hybridized carbons (Fsp3) is 0.280. The van der Waals surface area contributed by atoms with Gasteiger partial charge in [0.15, 0.2) is 0 Å². The lowest BCUT2D eigenvalue weighted by Gasteiger charge is -2.14. The van der Waals surface area contributed by atoms with Crippen LogP contribution in [0.3, 0.4) is 0 Å². The Morgan fingerprint density at radius 2 is 1.91 bits per heavy atom. The Morgan fingerprint density at radius 3 is 2.62 bits per heavy atom. The van der Waals surface area contributed by atoms with Crippen LogP contribution in [0.2, 0.25) is 0 Å². The molecule has 1 aliphatic heterocycles. The van der Waals surface area contributed by atoms with E-state index in [0.717, 1.165) is 22.9 Å². The Hall–Kier alpha value is -2.49. The number of unbranched alkanes of at least 4 members (excludes halogenated alkanes) is 2. The minimum Gasteiger partial charge on any atom is -0.462 e. The van der Waals surface area contributed by atoms with Crippen molar-refractivity contribution < 1.29 is 19.1 Å². The molecule has 1 saturated heterocycles. The van der Waals surface area contributed by atoms with Gasteiger partial charge in [0.2, 0.25) is 5.91 Å². The number of thioether (sulfide) groups is 1. The highest BCUT2D eigenvalue weighted by molar-refractivity contribution is 9.10. The van der Waals surface area contributed by atoms with Crippen LogP contribution in [0.5, 0.6) is 0 Å². The van der Waals surface area contributed by atoms with E-state index in [1.54, 1.807) is 36.1 Å². The molecule has 0 spiro atoms. The molecular formula is C25H25BrN2O4S2. The van der Waals surface area contributed by atoms with Gasteiger partial charge in [-0.25, -0.2) is 4.79 Å². The number of carbonyl (C=O) groups excluding carboxylic acids is 3. The Balaban J connectivity index is 1.39. The lowest BCUT2D eigenvalue weighted by Crippen LogP contribution is -2.29. The van der Waals surface area contributed by atoms with E-state index in [9.17, 15) is 14.4 Å². The topological polar surface area (TPSA) is 75.7 Å². The second kappa shape index (κ2) is 12.8. The van der Waals surface area contributed by atoms with Crippen LogP contribution in [0.25, 0.3) is 6.08 Å². The van der Waals surface area contributed by atoms with Crippen LogP contribution in [-0.2, 0) is 14.3 Å². The summed E-state index contributed by atoms with van der Waals surface area (Å²) in [5.74, 6) is -0.545. The van der Waals surface area contributed by atoms with Crippen molar-refractivity contribution in [3.8, 4) is 0 Å². The molecule has 34 heavy (non-hydrogen) atoms. The van der Waals surface area contributed by atoms with Gasteiger partial charge in [0.25, 0.3) is 5.91 Å². The highest BCUT2D eigenvalue weighted by Gasteiger charge is 2.31. The minimum absolute atomic E-state index is 0.0704. The van der Waals surface area contributed by atoms with Gasteiger partial charge in [0.05, 0.1) is 17.1 Å². The molecule has 0 radical (unpaired) electrons. The summed E-state index contributed by atoms with van der Waals surface area (Å²) in [6.45, 7) is 2.61. The van der Waals surface area contributed by atoms with Crippen molar-refractivity contribution in [2.75, 3.05) is 18.5 Å². The highest BCUT2D eigenvalue weighted by Crippen LogP contribution is 2.33. The van der Waals surface area contributed by atoms with Crippen molar-refractivity contribution in [3.05, 3.63) is 69.0 Å². The smallest absolute Gasteiger partial charge is 0.338 e. The summed E-state index contributed by atoms with van der Waals surface area (Å²) in [4.78, 5) is 38.9. The molecule has 0 unspecified atom stereocenters. The van der Waals surface area contributed by atoms with Crippen molar-refractivity contribution in [3.63, 3.8) is 0 Å². The number of anilines is 1. The zero-order chi connectivity index (χ0) is 24.5. The van der Waals surface area contributed by atoms with Gasteiger partial charge < -0.3 is 10.1 Å². The van der Waals surface area contributed by atoms with E-state index in [1.807, 2.05) is 30.3 Å².